The fourth-order valence-electron chi connectivity index (χ4n) is 1.50. The normalized spacial score (nSPS) is 10.4. The molecule has 2 aromatic carbocycles. The zero-order chi connectivity index (χ0) is 13.3. The van der Waals surface area contributed by atoms with Crippen molar-refractivity contribution in [2.24, 2.45) is 0 Å². The number of ketones is 1. The van der Waals surface area contributed by atoms with E-state index in [4.69, 9.17) is 5.73 Å². The number of anilines is 1. The number of nitrogens with two attached hydrogens (primary N) is 1. The van der Waals surface area contributed by atoms with E-state index in [0.717, 1.165) is 12.1 Å². The van der Waals surface area contributed by atoms with Gasteiger partial charge in [0, 0.05) is 21.8 Å². The number of carbonyl (C=O) groups excluding carboxylic acids is 1. The van der Waals surface area contributed by atoms with E-state index < -0.39 is 17.4 Å². The Hall–Kier alpha value is -1.75. The van der Waals surface area contributed by atoms with Gasteiger partial charge in [-0.15, -0.1) is 0 Å². The van der Waals surface area contributed by atoms with Gasteiger partial charge in [0.2, 0.25) is 0 Å². The van der Waals surface area contributed by atoms with Gasteiger partial charge in [-0.3, -0.25) is 4.79 Å². The van der Waals surface area contributed by atoms with Crippen LogP contribution in [-0.4, -0.2) is 5.78 Å². The first-order chi connectivity index (χ1) is 8.49. The molecule has 0 heterocycles. The van der Waals surface area contributed by atoms with Crippen LogP contribution in [0.25, 0.3) is 0 Å². The van der Waals surface area contributed by atoms with Crippen LogP contribution < -0.4 is 5.73 Å². The molecule has 0 aliphatic heterocycles. The summed E-state index contributed by atoms with van der Waals surface area (Å²) in [6, 6.07) is 7.38. The van der Waals surface area contributed by atoms with E-state index in [1.165, 1.54) is 12.1 Å². The highest BCUT2D eigenvalue weighted by molar-refractivity contribution is 9.10. The summed E-state index contributed by atoms with van der Waals surface area (Å²) in [4.78, 5) is 12.0. The quantitative estimate of drug-likeness (QED) is 0.681. The fraction of sp³-hybridized carbons (Fsp3) is 0. The van der Waals surface area contributed by atoms with E-state index in [-0.39, 0.29) is 11.1 Å². The molecule has 18 heavy (non-hydrogen) atoms. The molecular formula is C13H8BrF2NO. The largest absolute Gasteiger partial charge is 0.398 e. The van der Waals surface area contributed by atoms with Gasteiger partial charge in [-0.2, -0.15) is 0 Å². The molecule has 0 bridgehead atoms. The lowest BCUT2D eigenvalue weighted by Crippen LogP contribution is -2.05. The number of nitrogen functional groups attached to an aromatic ring is 1. The molecule has 0 aliphatic rings. The maximum Gasteiger partial charge on any atom is 0.196 e. The molecule has 0 saturated carbocycles. The standard InChI is InChI=1S/C13H8BrF2NO/c14-10-5-7(1-4-12(10)17)13(18)9-3-2-8(15)6-11(9)16/h1-6H,17H2. The van der Waals surface area contributed by atoms with Crippen LogP contribution in [0.15, 0.2) is 40.9 Å². The summed E-state index contributed by atoms with van der Waals surface area (Å²) in [6.45, 7) is 0. The van der Waals surface area contributed by atoms with Crippen molar-refractivity contribution in [3.63, 3.8) is 0 Å². The minimum Gasteiger partial charge on any atom is -0.398 e. The lowest BCUT2D eigenvalue weighted by Gasteiger charge is -2.05. The average molecular weight is 312 g/mol. The number of hydrogen-bond donors (Lipinski definition) is 1. The van der Waals surface area contributed by atoms with E-state index in [2.05, 4.69) is 15.9 Å². The smallest absolute Gasteiger partial charge is 0.196 e. The summed E-state index contributed by atoms with van der Waals surface area (Å²) < 4.78 is 26.8. The summed E-state index contributed by atoms with van der Waals surface area (Å²) in [7, 11) is 0. The first-order valence-corrected chi connectivity index (χ1v) is 5.83. The summed E-state index contributed by atoms with van der Waals surface area (Å²) in [5.74, 6) is -2.12. The highest BCUT2D eigenvalue weighted by Gasteiger charge is 2.15. The van der Waals surface area contributed by atoms with Gasteiger partial charge in [0.05, 0.1) is 5.56 Å². The van der Waals surface area contributed by atoms with Gasteiger partial charge >= 0.3 is 0 Å². The van der Waals surface area contributed by atoms with E-state index >= 15 is 0 Å². The fourth-order valence-corrected chi connectivity index (χ4v) is 1.88. The Morgan fingerprint density at radius 3 is 2.44 bits per heavy atom. The molecule has 92 valence electrons. The van der Waals surface area contributed by atoms with Crippen molar-refractivity contribution < 1.29 is 13.6 Å². The van der Waals surface area contributed by atoms with Gasteiger partial charge in [-0.25, -0.2) is 8.78 Å². The minimum atomic E-state index is -0.882. The van der Waals surface area contributed by atoms with Gasteiger partial charge < -0.3 is 5.73 Å². The first kappa shape index (κ1) is 12.7. The molecule has 0 spiro atoms. The topological polar surface area (TPSA) is 43.1 Å². The average Bonchev–Trinajstić information content (AvgIpc) is 2.32. The lowest BCUT2D eigenvalue weighted by molar-refractivity contribution is 0.103. The molecule has 0 atom stereocenters. The van der Waals surface area contributed by atoms with Gasteiger partial charge in [-0.05, 0) is 46.3 Å². The van der Waals surface area contributed by atoms with Crippen LogP contribution in [0.2, 0.25) is 0 Å². The van der Waals surface area contributed by atoms with Crippen LogP contribution in [0.4, 0.5) is 14.5 Å². The number of benzene rings is 2. The van der Waals surface area contributed by atoms with E-state index in [9.17, 15) is 13.6 Å². The van der Waals surface area contributed by atoms with E-state index in [1.807, 2.05) is 0 Å². The van der Waals surface area contributed by atoms with Crippen molar-refractivity contribution in [2.75, 3.05) is 5.73 Å². The SMILES string of the molecule is Nc1ccc(C(=O)c2ccc(F)cc2F)cc1Br. The molecule has 0 radical (unpaired) electrons. The number of halogens is 3. The Bertz CT molecular complexity index is 628. The number of rotatable bonds is 2. The van der Waals surface area contributed by atoms with Crippen molar-refractivity contribution in [3.8, 4) is 0 Å². The molecule has 0 aromatic heterocycles. The van der Waals surface area contributed by atoms with Crippen molar-refractivity contribution in [1.29, 1.82) is 0 Å². The molecule has 0 saturated heterocycles. The molecule has 0 amide bonds. The Kier molecular flexibility index (Phi) is 3.43. The Morgan fingerprint density at radius 2 is 1.83 bits per heavy atom. The second-order valence-electron chi connectivity index (χ2n) is 3.69. The highest BCUT2D eigenvalue weighted by atomic mass is 79.9. The third-order valence-electron chi connectivity index (χ3n) is 2.44. The summed E-state index contributed by atoms with van der Waals surface area (Å²) in [6.07, 6.45) is 0. The van der Waals surface area contributed by atoms with Gasteiger partial charge in [0.1, 0.15) is 11.6 Å². The van der Waals surface area contributed by atoms with Gasteiger partial charge in [0.25, 0.3) is 0 Å². The summed E-state index contributed by atoms with van der Waals surface area (Å²) in [5, 5.41) is 0. The van der Waals surface area contributed by atoms with Crippen LogP contribution in [-0.2, 0) is 0 Å². The van der Waals surface area contributed by atoms with Crippen molar-refractivity contribution in [1.82, 2.24) is 0 Å². The van der Waals surface area contributed by atoms with E-state index in [1.54, 1.807) is 6.07 Å². The monoisotopic (exact) mass is 311 g/mol. The molecule has 5 heteroatoms. The number of hydrogen-bond acceptors (Lipinski definition) is 2. The molecule has 2 rings (SSSR count). The Morgan fingerprint density at radius 1 is 1.11 bits per heavy atom. The van der Waals surface area contributed by atoms with Crippen LogP contribution in [0.5, 0.6) is 0 Å². The molecule has 0 aliphatic carbocycles. The number of carbonyl (C=O) groups is 1. The van der Waals surface area contributed by atoms with Crippen LogP contribution in [0, 0.1) is 11.6 Å². The maximum atomic E-state index is 13.5. The molecular weight excluding hydrogens is 304 g/mol. The molecule has 2 nitrogen and oxygen atoms in total. The zero-order valence-electron chi connectivity index (χ0n) is 9.08. The predicted molar refractivity (Wildman–Crippen MR) is 68.3 cm³/mol. The first-order valence-electron chi connectivity index (χ1n) is 5.04. The molecule has 0 unspecified atom stereocenters. The van der Waals surface area contributed by atoms with Crippen molar-refractivity contribution in [2.45, 2.75) is 0 Å². The molecule has 2 N–H and O–H groups in total. The van der Waals surface area contributed by atoms with Gasteiger partial charge in [0.15, 0.2) is 5.78 Å². The molecule has 0 fully saturated rings. The second-order valence-corrected chi connectivity index (χ2v) is 4.54. The third kappa shape index (κ3) is 2.41. The zero-order valence-corrected chi connectivity index (χ0v) is 10.7. The van der Waals surface area contributed by atoms with Crippen molar-refractivity contribution >= 4 is 27.4 Å². The molecule has 2 aromatic rings. The lowest BCUT2D eigenvalue weighted by atomic mass is 10.0. The van der Waals surface area contributed by atoms with E-state index in [0.29, 0.717) is 16.2 Å². The van der Waals surface area contributed by atoms with Crippen LogP contribution in [0.3, 0.4) is 0 Å². The highest BCUT2D eigenvalue weighted by Crippen LogP contribution is 2.23. The van der Waals surface area contributed by atoms with Crippen LogP contribution >= 0.6 is 15.9 Å². The van der Waals surface area contributed by atoms with Crippen molar-refractivity contribution in [3.05, 3.63) is 63.6 Å². The predicted octanol–water partition coefficient (Wildman–Crippen LogP) is 3.54. The van der Waals surface area contributed by atoms with Gasteiger partial charge in [-0.1, -0.05) is 0 Å². The Balaban J connectivity index is 2.44. The summed E-state index contributed by atoms with van der Waals surface area (Å²) in [5.41, 5.74) is 6.18. The van der Waals surface area contributed by atoms with Crippen LogP contribution in [0.1, 0.15) is 15.9 Å². The second kappa shape index (κ2) is 4.86. The Labute approximate surface area is 111 Å². The third-order valence-corrected chi connectivity index (χ3v) is 3.13. The maximum absolute atomic E-state index is 13.5. The summed E-state index contributed by atoms with van der Waals surface area (Å²) >= 11 is 3.19. The minimum absolute atomic E-state index is 0.173.